The molecule has 0 amide bonds. The smallest absolute Gasteiger partial charge is 0.243 e. The highest BCUT2D eigenvalue weighted by atomic mass is 32.2. The molecule has 1 fully saturated rings. The number of nitrogens with zero attached hydrogens (tertiary/aromatic N) is 2. The van der Waals surface area contributed by atoms with Crippen LogP contribution in [0.3, 0.4) is 0 Å². The van der Waals surface area contributed by atoms with E-state index >= 15 is 0 Å². The van der Waals surface area contributed by atoms with Crippen LogP contribution in [0, 0.1) is 0 Å². The molecule has 0 unspecified atom stereocenters. The number of sulfonamides is 1. The van der Waals surface area contributed by atoms with Gasteiger partial charge in [0.1, 0.15) is 0 Å². The largest absolute Gasteiger partial charge is 0.332 e. The third-order valence-corrected chi connectivity index (χ3v) is 8.37. The van der Waals surface area contributed by atoms with E-state index < -0.39 is 10.0 Å². The van der Waals surface area contributed by atoms with E-state index in [4.69, 9.17) is 0 Å². The van der Waals surface area contributed by atoms with Crippen LogP contribution in [-0.4, -0.2) is 30.8 Å². The first-order valence-corrected chi connectivity index (χ1v) is 12.7. The first kappa shape index (κ1) is 21.0. The molecule has 0 aliphatic carbocycles. The maximum atomic E-state index is 12.7. The molecule has 30 heavy (non-hydrogen) atoms. The van der Waals surface area contributed by atoms with Gasteiger partial charge in [-0.25, -0.2) is 13.4 Å². The van der Waals surface area contributed by atoms with Crippen LogP contribution in [0.4, 0.5) is 10.8 Å². The molecule has 0 radical (unpaired) electrons. The average molecular weight is 442 g/mol. The predicted molar refractivity (Wildman–Crippen MR) is 124 cm³/mol. The summed E-state index contributed by atoms with van der Waals surface area (Å²) in [5, 5.41) is 6.16. The monoisotopic (exact) mass is 441 g/mol. The second-order valence-electron chi connectivity index (χ2n) is 7.73. The number of benzene rings is 2. The Labute approximate surface area is 182 Å². The summed E-state index contributed by atoms with van der Waals surface area (Å²) in [6.07, 6.45) is 3.00. The molecule has 0 saturated carbocycles. The van der Waals surface area contributed by atoms with Gasteiger partial charge in [-0.2, -0.15) is 4.31 Å². The Morgan fingerprint density at radius 1 is 1.07 bits per heavy atom. The van der Waals surface area contributed by atoms with Crippen molar-refractivity contribution in [1.29, 1.82) is 0 Å². The zero-order valence-electron chi connectivity index (χ0n) is 17.3. The van der Waals surface area contributed by atoms with Crippen LogP contribution in [0.25, 0.3) is 11.3 Å². The van der Waals surface area contributed by atoms with Crippen molar-refractivity contribution in [3.63, 3.8) is 0 Å². The summed E-state index contributed by atoms with van der Waals surface area (Å²) in [4.78, 5) is 5.02. The molecule has 3 aromatic rings. The predicted octanol–water partition coefficient (Wildman–Crippen LogP) is 5.85. The lowest BCUT2D eigenvalue weighted by molar-refractivity contribution is 0.477. The maximum Gasteiger partial charge on any atom is 0.243 e. The zero-order valence-corrected chi connectivity index (χ0v) is 19.0. The Kier molecular flexibility index (Phi) is 6.22. The molecular formula is C23H27N3O2S2. The Bertz CT molecular complexity index is 1080. The Hall–Kier alpha value is -2.22. The van der Waals surface area contributed by atoms with Gasteiger partial charge in [0.25, 0.3) is 0 Å². The van der Waals surface area contributed by atoms with Crippen molar-refractivity contribution in [2.45, 2.75) is 43.9 Å². The molecule has 1 aromatic heterocycles. The van der Waals surface area contributed by atoms with Crippen LogP contribution >= 0.6 is 11.3 Å². The Morgan fingerprint density at radius 3 is 2.37 bits per heavy atom. The molecule has 158 valence electrons. The Morgan fingerprint density at radius 2 is 1.73 bits per heavy atom. The molecule has 0 spiro atoms. The minimum absolute atomic E-state index is 0.350. The zero-order chi connectivity index (χ0) is 21.1. The molecular weight excluding hydrogens is 414 g/mol. The van der Waals surface area contributed by atoms with Crippen LogP contribution < -0.4 is 5.32 Å². The van der Waals surface area contributed by atoms with E-state index in [1.807, 2.05) is 17.5 Å². The first-order valence-electron chi connectivity index (χ1n) is 10.4. The van der Waals surface area contributed by atoms with Crippen molar-refractivity contribution in [2.75, 3.05) is 18.4 Å². The Balaban J connectivity index is 1.46. The average Bonchev–Trinajstić information content (AvgIpc) is 3.47. The standard InChI is InChI=1S/C23H27N3O2S2/c1-3-17(2)18-6-10-20(11-7-18)24-23-25-22(16-29-23)19-8-12-21(13-9-19)30(27,28)26-14-4-5-15-26/h6-13,16-17H,3-5,14-15H2,1-2H3,(H,24,25)/t17-/m1/s1. The maximum absolute atomic E-state index is 12.7. The van der Waals surface area contributed by atoms with Crippen molar-refractivity contribution in [2.24, 2.45) is 0 Å². The summed E-state index contributed by atoms with van der Waals surface area (Å²) in [5.74, 6) is 0.558. The number of aromatic nitrogens is 1. The number of anilines is 2. The first-order chi connectivity index (χ1) is 14.5. The molecule has 1 atom stereocenters. The van der Waals surface area contributed by atoms with Crippen LogP contribution in [-0.2, 0) is 10.0 Å². The van der Waals surface area contributed by atoms with Gasteiger partial charge in [-0.15, -0.1) is 11.3 Å². The fourth-order valence-electron chi connectivity index (χ4n) is 3.59. The number of hydrogen-bond donors (Lipinski definition) is 1. The highest BCUT2D eigenvalue weighted by molar-refractivity contribution is 7.89. The molecule has 1 aliphatic heterocycles. The highest BCUT2D eigenvalue weighted by Crippen LogP contribution is 2.29. The minimum Gasteiger partial charge on any atom is -0.332 e. The van der Waals surface area contributed by atoms with Gasteiger partial charge < -0.3 is 5.32 Å². The van der Waals surface area contributed by atoms with Gasteiger partial charge in [-0.05, 0) is 55.0 Å². The normalized spacial score (nSPS) is 15.9. The lowest BCUT2D eigenvalue weighted by Crippen LogP contribution is -2.27. The van der Waals surface area contributed by atoms with Gasteiger partial charge in [-0.1, -0.05) is 38.1 Å². The number of hydrogen-bond acceptors (Lipinski definition) is 5. The molecule has 1 aliphatic rings. The van der Waals surface area contributed by atoms with Crippen LogP contribution in [0.2, 0.25) is 0 Å². The van der Waals surface area contributed by atoms with E-state index in [0.717, 1.165) is 41.3 Å². The molecule has 2 aromatic carbocycles. The van der Waals surface area contributed by atoms with Gasteiger partial charge in [0.05, 0.1) is 10.6 Å². The lowest BCUT2D eigenvalue weighted by Gasteiger charge is -2.15. The molecule has 0 bridgehead atoms. The molecule has 1 N–H and O–H groups in total. The fourth-order valence-corrected chi connectivity index (χ4v) is 5.85. The van der Waals surface area contributed by atoms with E-state index in [9.17, 15) is 8.42 Å². The number of nitrogens with one attached hydrogen (secondary N) is 1. The summed E-state index contributed by atoms with van der Waals surface area (Å²) in [6, 6.07) is 15.5. The summed E-state index contributed by atoms with van der Waals surface area (Å²) >= 11 is 1.54. The minimum atomic E-state index is -3.38. The van der Waals surface area contributed by atoms with Gasteiger partial charge in [0.15, 0.2) is 5.13 Å². The number of thiazole rings is 1. The number of rotatable bonds is 7. The third-order valence-electron chi connectivity index (χ3n) is 5.70. The van der Waals surface area contributed by atoms with Gasteiger partial charge >= 0.3 is 0 Å². The summed E-state index contributed by atoms with van der Waals surface area (Å²) < 4.78 is 26.9. The van der Waals surface area contributed by atoms with Crippen LogP contribution in [0.5, 0.6) is 0 Å². The SMILES string of the molecule is CC[C@@H](C)c1ccc(Nc2nc(-c3ccc(S(=O)(=O)N4CCCC4)cc3)cs2)cc1. The van der Waals surface area contributed by atoms with Gasteiger partial charge in [-0.3, -0.25) is 0 Å². The molecule has 1 saturated heterocycles. The lowest BCUT2D eigenvalue weighted by atomic mass is 9.99. The van der Waals surface area contributed by atoms with Crippen molar-refractivity contribution in [3.8, 4) is 11.3 Å². The fraction of sp³-hybridized carbons (Fsp3) is 0.348. The van der Waals surface area contributed by atoms with Crippen molar-refractivity contribution >= 4 is 32.2 Å². The molecule has 2 heterocycles. The molecule has 5 nitrogen and oxygen atoms in total. The third kappa shape index (κ3) is 4.43. The van der Waals surface area contributed by atoms with E-state index in [-0.39, 0.29) is 0 Å². The molecule has 4 rings (SSSR count). The summed E-state index contributed by atoms with van der Waals surface area (Å²) in [5.41, 5.74) is 4.09. The quantitative estimate of drug-likeness (QED) is 0.499. The van der Waals surface area contributed by atoms with Gasteiger partial charge in [0, 0.05) is 29.7 Å². The van der Waals surface area contributed by atoms with E-state index in [1.54, 1.807) is 16.4 Å². The topological polar surface area (TPSA) is 62.3 Å². The summed E-state index contributed by atoms with van der Waals surface area (Å²) in [6.45, 7) is 5.66. The second kappa shape index (κ2) is 8.88. The van der Waals surface area contributed by atoms with E-state index in [0.29, 0.717) is 23.9 Å². The van der Waals surface area contributed by atoms with Gasteiger partial charge in [0.2, 0.25) is 10.0 Å². The highest BCUT2D eigenvalue weighted by Gasteiger charge is 2.27. The second-order valence-corrected chi connectivity index (χ2v) is 10.5. The van der Waals surface area contributed by atoms with Crippen molar-refractivity contribution < 1.29 is 8.42 Å². The van der Waals surface area contributed by atoms with Crippen molar-refractivity contribution in [1.82, 2.24) is 9.29 Å². The summed E-state index contributed by atoms with van der Waals surface area (Å²) in [7, 11) is -3.38. The molecule has 7 heteroatoms. The van der Waals surface area contributed by atoms with Crippen LogP contribution in [0.15, 0.2) is 58.8 Å². The van der Waals surface area contributed by atoms with Crippen LogP contribution in [0.1, 0.15) is 44.6 Å². The van der Waals surface area contributed by atoms with E-state index in [1.165, 1.54) is 16.9 Å². The van der Waals surface area contributed by atoms with Crippen molar-refractivity contribution in [3.05, 3.63) is 59.5 Å². The van der Waals surface area contributed by atoms with E-state index in [2.05, 4.69) is 48.4 Å².